The van der Waals surface area contributed by atoms with Gasteiger partial charge in [-0.05, 0) is 29.8 Å². The quantitative estimate of drug-likeness (QED) is 0.901. The molecule has 0 atom stereocenters. The molecule has 3 nitrogen and oxygen atoms in total. The zero-order valence-electron chi connectivity index (χ0n) is 8.36. The Balaban J connectivity index is 2.19. The molecule has 2 aromatic rings. The number of hydrogen-bond acceptors (Lipinski definition) is 4. The van der Waals surface area contributed by atoms with Gasteiger partial charge in [0, 0.05) is 6.20 Å². The Hall–Kier alpha value is -1.76. The smallest absolute Gasteiger partial charge is 0.406 e. The third-order valence-corrected chi connectivity index (χ3v) is 2.77. The van der Waals surface area contributed by atoms with E-state index in [-0.39, 0.29) is 5.75 Å². The first-order valence-corrected chi connectivity index (χ1v) is 5.33. The van der Waals surface area contributed by atoms with Crippen LogP contribution in [0.25, 0.3) is 10.4 Å². The molecule has 0 bridgehead atoms. The molecule has 0 aliphatic rings. The lowest BCUT2D eigenvalue weighted by atomic mass is 10.2. The molecule has 0 fully saturated rings. The lowest BCUT2D eigenvalue weighted by Crippen LogP contribution is -2.16. The van der Waals surface area contributed by atoms with E-state index in [1.807, 2.05) is 0 Å². The fraction of sp³-hybridized carbons (Fsp3) is 0.100. The predicted molar refractivity (Wildman–Crippen MR) is 58.6 cm³/mol. The second kappa shape index (κ2) is 4.25. The van der Waals surface area contributed by atoms with Gasteiger partial charge in [-0.2, -0.15) is 0 Å². The Labute approximate surface area is 98.7 Å². The van der Waals surface area contributed by atoms with Crippen molar-refractivity contribution in [3.8, 4) is 16.2 Å². The molecule has 2 rings (SSSR count). The normalized spacial score (nSPS) is 11.5. The highest BCUT2D eigenvalue weighted by Gasteiger charge is 2.30. The zero-order chi connectivity index (χ0) is 12.5. The van der Waals surface area contributed by atoms with Gasteiger partial charge in [0.15, 0.2) is 5.13 Å². The molecule has 0 radical (unpaired) electrons. The van der Waals surface area contributed by atoms with Gasteiger partial charge in [-0.3, -0.25) is 0 Å². The van der Waals surface area contributed by atoms with Crippen molar-refractivity contribution in [3.63, 3.8) is 0 Å². The summed E-state index contributed by atoms with van der Waals surface area (Å²) in [6, 6.07) is 5.54. The van der Waals surface area contributed by atoms with E-state index in [9.17, 15) is 13.2 Å². The highest BCUT2D eigenvalue weighted by Crippen LogP contribution is 2.30. The van der Waals surface area contributed by atoms with E-state index in [0.717, 1.165) is 10.4 Å². The van der Waals surface area contributed by atoms with Crippen LogP contribution in [-0.2, 0) is 0 Å². The summed E-state index contributed by atoms with van der Waals surface area (Å²) in [5, 5.41) is 0.413. The number of ether oxygens (including phenoxy) is 1. The van der Waals surface area contributed by atoms with Crippen LogP contribution in [0.15, 0.2) is 30.5 Å². The molecule has 1 aromatic heterocycles. The van der Waals surface area contributed by atoms with E-state index in [1.165, 1.54) is 35.6 Å². The number of aromatic nitrogens is 1. The second-order valence-corrected chi connectivity index (χ2v) is 4.20. The molecule has 0 aliphatic carbocycles. The lowest BCUT2D eigenvalue weighted by molar-refractivity contribution is -0.274. The van der Waals surface area contributed by atoms with Crippen LogP contribution in [-0.4, -0.2) is 11.3 Å². The number of hydrogen-bond donors (Lipinski definition) is 1. The largest absolute Gasteiger partial charge is 0.573 e. The molecule has 0 amide bonds. The van der Waals surface area contributed by atoms with Crippen LogP contribution < -0.4 is 10.5 Å². The number of halogens is 3. The molecule has 0 unspecified atom stereocenters. The van der Waals surface area contributed by atoms with Crippen molar-refractivity contribution in [2.45, 2.75) is 6.36 Å². The summed E-state index contributed by atoms with van der Waals surface area (Å²) < 4.78 is 39.5. The second-order valence-electron chi connectivity index (χ2n) is 3.13. The summed E-state index contributed by atoms with van der Waals surface area (Å²) in [6.45, 7) is 0. The standard InChI is InChI=1S/C10H7F3N2OS/c11-10(12,13)16-7-3-1-6(2-4-7)8-5-15-9(14)17-8/h1-5H,(H2,14,15). The average Bonchev–Trinajstić information content (AvgIpc) is 2.63. The van der Waals surface area contributed by atoms with Crippen molar-refractivity contribution in [1.82, 2.24) is 4.98 Å². The monoisotopic (exact) mass is 260 g/mol. The van der Waals surface area contributed by atoms with Gasteiger partial charge in [-0.15, -0.1) is 13.2 Å². The Kier molecular flexibility index (Phi) is 2.93. The van der Waals surface area contributed by atoms with Crippen molar-refractivity contribution in [1.29, 1.82) is 0 Å². The first kappa shape index (κ1) is 11.7. The van der Waals surface area contributed by atoms with Crippen LogP contribution in [0.4, 0.5) is 18.3 Å². The van der Waals surface area contributed by atoms with Crippen molar-refractivity contribution < 1.29 is 17.9 Å². The van der Waals surface area contributed by atoms with E-state index in [4.69, 9.17) is 5.73 Å². The van der Waals surface area contributed by atoms with Crippen molar-refractivity contribution >= 4 is 16.5 Å². The van der Waals surface area contributed by atoms with Crippen molar-refractivity contribution in [3.05, 3.63) is 30.5 Å². The molecule has 7 heteroatoms. The van der Waals surface area contributed by atoms with Crippen LogP contribution in [0.5, 0.6) is 5.75 Å². The predicted octanol–water partition coefficient (Wildman–Crippen LogP) is 3.29. The Morgan fingerprint density at radius 1 is 1.18 bits per heavy atom. The Bertz CT molecular complexity index is 507. The van der Waals surface area contributed by atoms with E-state index in [0.29, 0.717) is 5.13 Å². The minimum absolute atomic E-state index is 0.251. The number of nitrogens with two attached hydrogens (primary N) is 1. The highest BCUT2D eigenvalue weighted by atomic mass is 32.1. The molecule has 90 valence electrons. The summed E-state index contributed by atoms with van der Waals surface area (Å²) in [7, 11) is 0. The van der Waals surface area contributed by atoms with Gasteiger partial charge in [-0.1, -0.05) is 11.3 Å². The molecule has 2 N–H and O–H groups in total. The van der Waals surface area contributed by atoms with Gasteiger partial charge >= 0.3 is 6.36 Å². The lowest BCUT2D eigenvalue weighted by Gasteiger charge is -2.08. The summed E-state index contributed by atoms with van der Waals surface area (Å²) >= 11 is 1.26. The number of nitrogens with zero attached hydrogens (tertiary/aromatic N) is 1. The van der Waals surface area contributed by atoms with Gasteiger partial charge < -0.3 is 10.5 Å². The van der Waals surface area contributed by atoms with Crippen LogP contribution in [0.2, 0.25) is 0 Å². The van der Waals surface area contributed by atoms with E-state index >= 15 is 0 Å². The minimum atomic E-state index is -4.67. The van der Waals surface area contributed by atoms with E-state index in [2.05, 4.69) is 9.72 Å². The maximum Gasteiger partial charge on any atom is 0.573 e. The Morgan fingerprint density at radius 3 is 2.29 bits per heavy atom. The zero-order valence-corrected chi connectivity index (χ0v) is 9.18. The molecule has 0 saturated heterocycles. The maximum atomic E-state index is 11.9. The van der Waals surface area contributed by atoms with Crippen LogP contribution in [0, 0.1) is 0 Å². The molecule has 0 aliphatic heterocycles. The van der Waals surface area contributed by atoms with Gasteiger partial charge in [0.25, 0.3) is 0 Å². The SMILES string of the molecule is Nc1ncc(-c2ccc(OC(F)(F)F)cc2)s1. The van der Waals surface area contributed by atoms with Crippen LogP contribution >= 0.6 is 11.3 Å². The molecule has 0 saturated carbocycles. The molecule has 1 aromatic carbocycles. The third-order valence-electron chi connectivity index (χ3n) is 1.90. The number of nitrogen functional groups attached to an aromatic ring is 1. The number of rotatable bonds is 2. The third kappa shape index (κ3) is 3.10. The number of benzene rings is 1. The van der Waals surface area contributed by atoms with Gasteiger partial charge in [0.1, 0.15) is 5.75 Å². The van der Waals surface area contributed by atoms with E-state index in [1.54, 1.807) is 6.20 Å². The van der Waals surface area contributed by atoms with Crippen LogP contribution in [0.3, 0.4) is 0 Å². The van der Waals surface area contributed by atoms with Gasteiger partial charge in [0.2, 0.25) is 0 Å². The number of alkyl halides is 3. The van der Waals surface area contributed by atoms with Gasteiger partial charge in [0.05, 0.1) is 4.88 Å². The number of anilines is 1. The molecular formula is C10H7F3N2OS. The van der Waals surface area contributed by atoms with Crippen molar-refractivity contribution in [2.75, 3.05) is 5.73 Å². The first-order chi connectivity index (χ1) is 7.94. The summed E-state index contributed by atoms with van der Waals surface area (Å²) in [4.78, 5) is 4.65. The summed E-state index contributed by atoms with van der Waals surface area (Å²) in [5.41, 5.74) is 6.21. The molecule has 17 heavy (non-hydrogen) atoms. The first-order valence-electron chi connectivity index (χ1n) is 4.51. The average molecular weight is 260 g/mol. The fourth-order valence-electron chi connectivity index (χ4n) is 1.24. The van der Waals surface area contributed by atoms with Gasteiger partial charge in [-0.25, -0.2) is 4.98 Å². The fourth-order valence-corrected chi connectivity index (χ4v) is 1.93. The highest BCUT2D eigenvalue weighted by molar-refractivity contribution is 7.18. The van der Waals surface area contributed by atoms with Crippen molar-refractivity contribution in [2.24, 2.45) is 0 Å². The molecule has 0 spiro atoms. The molecular weight excluding hydrogens is 253 g/mol. The number of thiazole rings is 1. The maximum absolute atomic E-state index is 11.9. The summed E-state index contributed by atoms with van der Waals surface area (Å²) in [6.07, 6.45) is -3.10. The van der Waals surface area contributed by atoms with Crippen LogP contribution in [0.1, 0.15) is 0 Å². The topological polar surface area (TPSA) is 48.1 Å². The molecule has 1 heterocycles. The minimum Gasteiger partial charge on any atom is -0.406 e. The van der Waals surface area contributed by atoms with E-state index < -0.39 is 6.36 Å². The Morgan fingerprint density at radius 2 is 1.82 bits per heavy atom. The summed E-state index contributed by atoms with van der Waals surface area (Å²) in [5.74, 6) is -0.251.